The number of aryl methyl sites for hydroxylation is 1. The van der Waals surface area contributed by atoms with Crippen molar-refractivity contribution in [1.29, 1.82) is 0 Å². The van der Waals surface area contributed by atoms with Crippen molar-refractivity contribution in [2.75, 3.05) is 7.11 Å². The number of esters is 1. The zero-order valence-electron chi connectivity index (χ0n) is 10.4. The largest absolute Gasteiger partial charge is 0.469 e. The van der Waals surface area contributed by atoms with Crippen molar-refractivity contribution in [1.82, 2.24) is 5.32 Å². The lowest BCUT2D eigenvalue weighted by molar-refractivity contribution is -0.144. The first-order chi connectivity index (χ1) is 7.97. The zero-order valence-corrected chi connectivity index (χ0v) is 10.4. The van der Waals surface area contributed by atoms with Crippen molar-refractivity contribution in [3.05, 3.63) is 23.7 Å². The molecule has 1 amide bonds. The van der Waals surface area contributed by atoms with E-state index in [-0.39, 0.29) is 11.8 Å². The quantitative estimate of drug-likeness (QED) is 0.809. The number of hydrogen-bond donors (Lipinski definition) is 1. The standard InChI is InChI=1S/C12H17NO4/c1-7(2)10(12(15)16-4)13-11(14)9-5-6-17-8(9)3/h5-7,10H,1-4H3,(H,13,14)/t10-/m1/s1. The van der Waals surface area contributed by atoms with Gasteiger partial charge in [-0.3, -0.25) is 4.79 Å². The number of carbonyl (C=O) groups excluding carboxylic acids is 2. The van der Waals surface area contributed by atoms with E-state index in [2.05, 4.69) is 10.1 Å². The van der Waals surface area contributed by atoms with Crippen molar-refractivity contribution < 1.29 is 18.7 Å². The van der Waals surface area contributed by atoms with Gasteiger partial charge in [-0.15, -0.1) is 0 Å². The fraction of sp³-hybridized carbons (Fsp3) is 0.500. The Balaban J connectivity index is 2.78. The van der Waals surface area contributed by atoms with Crippen LogP contribution in [0.1, 0.15) is 30.0 Å². The lowest BCUT2D eigenvalue weighted by atomic mass is 10.0. The Bertz CT molecular complexity index is 408. The molecule has 0 bridgehead atoms. The molecule has 94 valence electrons. The Morgan fingerprint density at radius 1 is 1.41 bits per heavy atom. The molecule has 5 heteroatoms. The number of amides is 1. The molecule has 1 aromatic rings. The fourth-order valence-electron chi connectivity index (χ4n) is 1.46. The highest BCUT2D eigenvalue weighted by atomic mass is 16.5. The summed E-state index contributed by atoms with van der Waals surface area (Å²) in [5.41, 5.74) is 0.430. The molecule has 0 unspecified atom stereocenters. The van der Waals surface area contributed by atoms with Crippen molar-refractivity contribution >= 4 is 11.9 Å². The van der Waals surface area contributed by atoms with Gasteiger partial charge in [0.1, 0.15) is 11.8 Å². The second kappa shape index (κ2) is 5.52. The highest BCUT2D eigenvalue weighted by Crippen LogP contribution is 2.10. The van der Waals surface area contributed by atoms with Gasteiger partial charge in [-0.1, -0.05) is 13.8 Å². The van der Waals surface area contributed by atoms with Crippen molar-refractivity contribution in [2.45, 2.75) is 26.8 Å². The third-order valence-electron chi connectivity index (χ3n) is 2.51. The first-order valence-electron chi connectivity index (χ1n) is 5.40. The molecule has 0 saturated heterocycles. The van der Waals surface area contributed by atoms with Crippen molar-refractivity contribution in [3.8, 4) is 0 Å². The molecule has 0 saturated carbocycles. The third-order valence-corrected chi connectivity index (χ3v) is 2.51. The molecule has 0 aliphatic heterocycles. The number of ether oxygens (including phenoxy) is 1. The molecule has 1 heterocycles. The van der Waals surface area contributed by atoms with E-state index in [4.69, 9.17) is 4.42 Å². The van der Waals surface area contributed by atoms with Gasteiger partial charge >= 0.3 is 5.97 Å². The van der Waals surface area contributed by atoms with Crippen LogP contribution in [0.25, 0.3) is 0 Å². The number of rotatable bonds is 4. The van der Waals surface area contributed by atoms with E-state index >= 15 is 0 Å². The highest BCUT2D eigenvalue weighted by molar-refractivity contribution is 5.97. The van der Waals surface area contributed by atoms with Crippen LogP contribution in [0.15, 0.2) is 16.7 Å². The van der Waals surface area contributed by atoms with Crippen molar-refractivity contribution in [2.24, 2.45) is 5.92 Å². The van der Waals surface area contributed by atoms with Crippen LogP contribution in [0.2, 0.25) is 0 Å². The van der Waals surface area contributed by atoms with E-state index in [0.29, 0.717) is 11.3 Å². The van der Waals surface area contributed by atoms with Crippen LogP contribution < -0.4 is 5.32 Å². The summed E-state index contributed by atoms with van der Waals surface area (Å²) < 4.78 is 9.68. The second-order valence-electron chi connectivity index (χ2n) is 4.11. The topological polar surface area (TPSA) is 68.5 Å². The summed E-state index contributed by atoms with van der Waals surface area (Å²) in [5, 5.41) is 2.64. The van der Waals surface area contributed by atoms with Crippen LogP contribution in [0.4, 0.5) is 0 Å². The summed E-state index contributed by atoms with van der Waals surface area (Å²) in [6.07, 6.45) is 1.44. The van der Waals surface area contributed by atoms with E-state index in [1.165, 1.54) is 13.4 Å². The minimum atomic E-state index is -0.651. The number of nitrogens with one attached hydrogen (secondary N) is 1. The summed E-state index contributed by atoms with van der Waals surface area (Å²) in [6.45, 7) is 5.37. The molecule has 0 aliphatic rings. The van der Waals surface area contributed by atoms with Gasteiger partial charge in [-0.05, 0) is 18.9 Å². The summed E-state index contributed by atoms with van der Waals surface area (Å²) in [5.74, 6) is -0.302. The summed E-state index contributed by atoms with van der Waals surface area (Å²) in [4.78, 5) is 23.4. The Kier molecular flexibility index (Phi) is 4.31. The maximum atomic E-state index is 11.9. The maximum Gasteiger partial charge on any atom is 0.328 e. The molecule has 5 nitrogen and oxygen atoms in total. The summed E-state index contributed by atoms with van der Waals surface area (Å²) in [6, 6.07) is 0.918. The van der Waals surface area contributed by atoms with Gasteiger partial charge in [-0.2, -0.15) is 0 Å². The molecule has 1 atom stereocenters. The van der Waals surface area contributed by atoms with Gasteiger partial charge in [-0.25, -0.2) is 4.79 Å². The average Bonchev–Trinajstić information content (AvgIpc) is 2.70. The van der Waals surface area contributed by atoms with Gasteiger partial charge in [0, 0.05) is 0 Å². The van der Waals surface area contributed by atoms with E-state index < -0.39 is 12.0 Å². The lowest BCUT2D eigenvalue weighted by Gasteiger charge is -2.19. The van der Waals surface area contributed by atoms with Crippen LogP contribution in [-0.2, 0) is 9.53 Å². The van der Waals surface area contributed by atoms with Crippen LogP contribution >= 0.6 is 0 Å². The zero-order chi connectivity index (χ0) is 13.0. The van der Waals surface area contributed by atoms with Crippen LogP contribution in [0, 0.1) is 12.8 Å². The molecule has 1 N–H and O–H groups in total. The predicted octanol–water partition coefficient (Wildman–Crippen LogP) is 1.52. The molecule has 0 aliphatic carbocycles. The first kappa shape index (κ1) is 13.3. The molecular formula is C12H17NO4. The molecule has 1 aromatic heterocycles. The highest BCUT2D eigenvalue weighted by Gasteiger charge is 2.26. The van der Waals surface area contributed by atoms with Gasteiger partial charge in [0.2, 0.25) is 0 Å². The van der Waals surface area contributed by atoms with E-state index in [9.17, 15) is 9.59 Å². The number of hydrogen-bond acceptors (Lipinski definition) is 4. The van der Waals surface area contributed by atoms with E-state index in [1.807, 2.05) is 13.8 Å². The number of furan rings is 1. The van der Waals surface area contributed by atoms with Crippen molar-refractivity contribution in [3.63, 3.8) is 0 Å². The summed E-state index contributed by atoms with van der Waals surface area (Å²) in [7, 11) is 1.30. The van der Waals surface area contributed by atoms with Gasteiger partial charge in [0.25, 0.3) is 5.91 Å². The minimum absolute atomic E-state index is 0.0430. The normalized spacial score (nSPS) is 12.3. The predicted molar refractivity (Wildman–Crippen MR) is 61.6 cm³/mol. The monoisotopic (exact) mass is 239 g/mol. The SMILES string of the molecule is COC(=O)[C@H](NC(=O)c1ccoc1C)C(C)C. The first-order valence-corrected chi connectivity index (χ1v) is 5.40. The Morgan fingerprint density at radius 3 is 2.47 bits per heavy atom. The average molecular weight is 239 g/mol. The minimum Gasteiger partial charge on any atom is -0.469 e. The molecule has 0 spiro atoms. The smallest absolute Gasteiger partial charge is 0.328 e. The van der Waals surface area contributed by atoms with Gasteiger partial charge in [0.15, 0.2) is 0 Å². The second-order valence-corrected chi connectivity index (χ2v) is 4.11. The summed E-state index contributed by atoms with van der Waals surface area (Å²) >= 11 is 0. The molecule has 0 aromatic carbocycles. The maximum absolute atomic E-state index is 11.9. The van der Waals surface area contributed by atoms with Gasteiger partial charge < -0.3 is 14.5 Å². The number of methoxy groups -OCH3 is 1. The Labute approximate surface area is 100 Å². The molecular weight excluding hydrogens is 222 g/mol. The van der Waals surface area contributed by atoms with E-state index in [1.54, 1.807) is 13.0 Å². The van der Waals surface area contributed by atoms with Gasteiger partial charge in [0.05, 0.1) is 18.9 Å². The van der Waals surface area contributed by atoms with Crippen LogP contribution in [0.5, 0.6) is 0 Å². The fourth-order valence-corrected chi connectivity index (χ4v) is 1.46. The molecule has 17 heavy (non-hydrogen) atoms. The Morgan fingerprint density at radius 2 is 2.06 bits per heavy atom. The Hall–Kier alpha value is -1.78. The molecule has 0 radical (unpaired) electrons. The van der Waals surface area contributed by atoms with E-state index in [0.717, 1.165) is 0 Å². The molecule has 0 fully saturated rings. The van der Waals surface area contributed by atoms with Crippen LogP contribution in [-0.4, -0.2) is 25.0 Å². The number of carbonyl (C=O) groups is 2. The van der Waals surface area contributed by atoms with Crippen LogP contribution in [0.3, 0.4) is 0 Å². The molecule has 1 rings (SSSR count). The third kappa shape index (κ3) is 3.09. The lowest BCUT2D eigenvalue weighted by Crippen LogP contribution is -2.45.